The smallest absolute Gasteiger partial charge is 0.175 e. The quantitative estimate of drug-likeness (QED) is 0.751. The summed E-state index contributed by atoms with van der Waals surface area (Å²) >= 11 is 18.2. The number of hydrogen-bond donors (Lipinski definition) is 0. The zero-order valence-electron chi connectivity index (χ0n) is 10.5. The molecule has 2 nitrogen and oxygen atoms in total. The number of benzene rings is 2. The van der Waals surface area contributed by atoms with E-state index in [0.717, 1.165) is 11.1 Å². The largest absolute Gasteiger partial charge is 0.224 e. The molecule has 0 aromatic heterocycles. The van der Waals surface area contributed by atoms with Crippen molar-refractivity contribution in [1.29, 1.82) is 0 Å². The van der Waals surface area contributed by atoms with Gasteiger partial charge >= 0.3 is 0 Å². The third-order valence-electron chi connectivity index (χ3n) is 2.84. The zero-order valence-corrected chi connectivity index (χ0v) is 13.6. The van der Waals surface area contributed by atoms with Crippen molar-refractivity contribution in [2.24, 2.45) is 0 Å². The van der Waals surface area contributed by atoms with Crippen LogP contribution >= 0.6 is 34.8 Å². The molecule has 1 unspecified atom stereocenters. The molecule has 0 fully saturated rings. The number of halogens is 3. The molecular weight excluding hydrogens is 339 g/mol. The number of sulfone groups is 1. The average molecular weight is 350 g/mol. The van der Waals surface area contributed by atoms with Gasteiger partial charge in [0.1, 0.15) is 0 Å². The van der Waals surface area contributed by atoms with Crippen LogP contribution in [0.1, 0.15) is 16.5 Å². The van der Waals surface area contributed by atoms with Gasteiger partial charge in [-0.2, -0.15) is 0 Å². The van der Waals surface area contributed by atoms with Crippen LogP contribution in [0.25, 0.3) is 0 Å². The van der Waals surface area contributed by atoms with Crippen LogP contribution in [0.5, 0.6) is 0 Å². The van der Waals surface area contributed by atoms with E-state index in [-0.39, 0.29) is 4.90 Å². The van der Waals surface area contributed by atoms with Gasteiger partial charge in [-0.15, -0.1) is 11.6 Å². The lowest BCUT2D eigenvalue weighted by molar-refractivity contribution is 0.602. The summed E-state index contributed by atoms with van der Waals surface area (Å²) in [5.74, 6) is 0. The Kier molecular flexibility index (Phi) is 4.65. The predicted octanol–water partition coefficient (Wildman–Crippen LogP) is 4.73. The lowest BCUT2D eigenvalue weighted by Crippen LogP contribution is -1.98. The van der Waals surface area contributed by atoms with Crippen LogP contribution in [0.15, 0.2) is 47.4 Å². The minimum Gasteiger partial charge on any atom is -0.224 e. The molecule has 106 valence electrons. The summed E-state index contributed by atoms with van der Waals surface area (Å²) in [6.07, 6.45) is 1.17. The van der Waals surface area contributed by atoms with E-state index in [1.54, 1.807) is 30.3 Å². The first-order valence-electron chi connectivity index (χ1n) is 5.68. The molecule has 0 radical (unpaired) electrons. The highest BCUT2D eigenvalue weighted by Gasteiger charge is 2.14. The maximum atomic E-state index is 11.4. The van der Waals surface area contributed by atoms with E-state index in [1.165, 1.54) is 18.4 Å². The fourth-order valence-corrected chi connectivity index (χ4v) is 2.96. The van der Waals surface area contributed by atoms with Crippen molar-refractivity contribution in [2.75, 3.05) is 6.26 Å². The monoisotopic (exact) mass is 348 g/mol. The Morgan fingerprint density at radius 1 is 0.900 bits per heavy atom. The molecule has 2 rings (SSSR count). The average Bonchev–Trinajstić information content (AvgIpc) is 2.40. The molecular formula is C14H11Cl3O2S. The van der Waals surface area contributed by atoms with Crippen LogP contribution < -0.4 is 0 Å². The first-order valence-corrected chi connectivity index (χ1v) is 8.76. The molecule has 1 atom stereocenters. The van der Waals surface area contributed by atoms with Crippen LogP contribution in [0.2, 0.25) is 10.0 Å². The Bertz CT molecular complexity index is 725. The summed E-state index contributed by atoms with van der Waals surface area (Å²) in [7, 11) is -3.20. The van der Waals surface area contributed by atoms with Crippen molar-refractivity contribution >= 4 is 44.6 Å². The predicted molar refractivity (Wildman–Crippen MR) is 83.7 cm³/mol. The molecule has 2 aromatic rings. The van der Waals surface area contributed by atoms with Gasteiger partial charge in [0.25, 0.3) is 0 Å². The summed E-state index contributed by atoms with van der Waals surface area (Å²) in [6, 6.07) is 11.6. The molecule has 20 heavy (non-hydrogen) atoms. The van der Waals surface area contributed by atoms with E-state index >= 15 is 0 Å². The van der Waals surface area contributed by atoms with Crippen molar-refractivity contribution in [2.45, 2.75) is 10.3 Å². The molecule has 0 saturated heterocycles. The Labute approximate surface area is 133 Å². The molecule has 0 heterocycles. The molecule has 0 aliphatic rings. The maximum Gasteiger partial charge on any atom is 0.175 e. The molecule has 0 amide bonds. The Morgan fingerprint density at radius 2 is 1.45 bits per heavy atom. The summed E-state index contributed by atoms with van der Waals surface area (Å²) in [5.41, 5.74) is 1.59. The summed E-state index contributed by atoms with van der Waals surface area (Å²) in [4.78, 5) is 0.263. The third-order valence-corrected chi connectivity index (χ3v) is 5.21. The highest BCUT2D eigenvalue weighted by Crippen LogP contribution is 2.33. The fourth-order valence-electron chi connectivity index (χ4n) is 1.75. The topological polar surface area (TPSA) is 34.1 Å². The van der Waals surface area contributed by atoms with Gasteiger partial charge in [-0.3, -0.25) is 0 Å². The normalized spacial score (nSPS) is 13.2. The van der Waals surface area contributed by atoms with Crippen LogP contribution in [0.3, 0.4) is 0 Å². The standard InChI is InChI=1S/C14H11Cl3O2S/c1-20(18,19)11-5-2-9(3-6-11)14(17)10-4-7-12(15)13(16)8-10/h2-8,14H,1H3. The van der Waals surface area contributed by atoms with Crippen molar-refractivity contribution in [3.8, 4) is 0 Å². The van der Waals surface area contributed by atoms with Gasteiger partial charge in [-0.25, -0.2) is 8.42 Å². The Hall–Kier alpha value is -0.740. The lowest BCUT2D eigenvalue weighted by Gasteiger charge is -2.11. The minimum absolute atomic E-state index is 0.263. The fraction of sp³-hybridized carbons (Fsp3) is 0.143. The Balaban J connectivity index is 2.33. The van der Waals surface area contributed by atoms with Crippen LogP contribution in [0, 0.1) is 0 Å². The lowest BCUT2D eigenvalue weighted by atomic mass is 10.0. The van der Waals surface area contributed by atoms with Crippen molar-refractivity contribution in [1.82, 2.24) is 0 Å². The van der Waals surface area contributed by atoms with Gasteiger partial charge in [0.15, 0.2) is 9.84 Å². The van der Waals surface area contributed by atoms with Crippen molar-refractivity contribution in [3.63, 3.8) is 0 Å². The summed E-state index contributed by atoms with van der Waals surface area (Å²) < 4.78 is 22.8. The van der Waals surface area contributed by atoms with E-state index in [1.807, 2.05) is 0 Å². The molecule has 0 spiro atoms. The number of rotatable bonds is 3. The molecule has 0 saturated carbocycles. The van der Waals surface area contributed by atoms with Crippen LogP contribution in [-0.4, -0.2) is 14.7 Å². The molecule has 6 heteroatoms. The van der Waals surface area contributed by atoms with Crippen molar-refractivity contribution < 1.29 is 8.42 Å². The molecule has 0 aliphatic heterocycles. The molecule has 0 N–H and O–H groups in total. The van der Waals surface area contributed by atoms with Gasteiger partial charge in [0, 0.05) is 6.26 Å². The zero-order chi connectivity index (χ0) is 14.9. The highest BCUT2D eigenvalue weighted by atomic mass is 35.5. The molecule has 2 aromatic carbocycles. The molecule has 0 bridgehead atoms. The summed E-state index contributed by atoms with van der Waals surface area (Å²) in [5, 5.41) is 0.479. The first-order chi connectivity index (χ1) is 9.29. The van der Waals surface area contributed by atoms with Gasteiger partial charge in [-0.1, -0.05) is 41.4 Å². The Morgan fingerprint density at radius 3 is 1.95 bits per heavy atom. The van der Waals surface area contributed by atoms with Crippen LogP contribution in [-0.2, 0) is 9.84 Å². The van der Waals surface area contributed by atoms with Crippen molar-refractivity contribution in [3.05, 3.63) is 63.6 Å². The van der Waals surface area contributed by atoms with E-state index in [9.17, 15) is 8.42 Å². The van der Waals surface area contributed by atoms with E-state index in [2.05, 4.69) is 0 Å². The number of hydrogen-bond acceptors (Lipinski definition) is 2. The summed E-state index contributed by atoms with van der Waals surface area (Å²) in [6.45, 7) is 0. The van der Waals surface area contributed by atoms with Gasteiger partial charge in [0.05, 0.1) is 20.3 Å². The second-order valence-corrected chi connectivity index (χ2v) is 7.64. The maximum absolute atomic E-state index is 11.4. The molecule has 0 aliphatic carbocycles. The third kappa shape index (κ3) is 3.47. The van der Waals surface area contributed by atoms with Gasteiger partial charge in [-0.05, 0) is 35.4 Å². The first kappa shape index (κ1) is 15.6. The minimum atomic E-state index is -3.20. The second kappa shape index (κ2) is 5.94. The highest BCUT2D eigenvalue weighted by molar-refractivity contribution is 7.90. The van der Waals surface area contributed by atoms with E-state index < -0.39 is 15.2 Å². The van der Waals surface area contributed by atoms with E-state index in [0.29, 0.717) is 10.0 Å². The van der Waals surface area contributed by atoms with Gasteiger partial charge < -0.3 is 0 Å². The van der Waals surface area contributed by atoms with Crippen LogP contribution in [0.4, 0.5) is 0 Å². The second-order valence-electron chi connectivity index (χ2n) is 4.38. The number of alkyl halides is 1. The van der Waals surface area contributed by atoms with Gasteiger partial charge in [0.2, 0.25) is 0 Å². The van der Waals surface area contributed by atoms with E-state index in [4.69, 9.17) is 34.8 Å². The SMILES string of the molecule is CS(=O)(=O)c1ccc(C(Cl)c2ccc(Cl)c(Cl)c2)cc1.